The summed E-state index contributed by atoms with van der Waals surface area (Å²) < 4.78 is 0. The molecule has 0 aromatic heterocycles. The van der Waals surface area contributed by atoms with Gasteiger partial charge in [0, 0.05) is 0 Å². The van der Waals surface area contributed by atoms with Crippen LogP contribution in [0.5, 0.6) is 0 Å². The third-order valence-electron chi connectivity index (χ3n) is 5.36. The molecular formula is C22H20N2O2. The number of allylic oxidation sites excluding steroid dienone is 2. The summed E-state index contributed by atoms with van der Waals surface area (Å²) in [4.78, 5) is 24.9. The van der Waals surface area contributed by atoms with E-state index in [1.807, 2.05) is 60.7 Å². The fourth-order valence-corrected chi connectivity index (χ4v) is 4.20. The average molecular weight is 344 g/mol. The van der Waals surface area contributed by atoms with Crippen molar-refractivity contribution in [3.05, 3.63) is 82.9 Å². The summed E-state index contributed by atoms with van der Waals surface area (Å²) in [6.07, 6.45) is 5.46. The monoisotopic (exact) mass is 344 g/mol. The van der Waals surface area contributed by atoms with Crippen LogP contribution in [0.1, 0.15) is 22.3 Å². The van der Waals surface area contributed by atoms with Crippen LogP contribution in [0, 0.1) is 11.8 Å². The number of primary amides is 2. The van der Waals surface area contributed by atoms with Gasteiger partial charge in [-0.2, -0.15) is 0 Å². The lowest BCUT2D eigenvalue weighted by atomic mass is 9.76. The fraction of sp³-hybridized carbons (Fsp3) is 0.182. The second kappa shape index (κ2) is 6.30. The number of benzene rings is 2. The van der Waals surface area contributed by atoms with Gasteiger partial charge >= 0.3 is 0 Å². The summed E-state index contributed by atoms with van der Waals surface area (Å²) in [7, 11) is 0. The van der Waals surface area contributed by atoms with Crippen LogP contribution in [0.2, 0.25) is 0 Å². The van der Waals surface area contributed by atoms with Gasteiger partial charge in [0.05, 0.1) is 11.8 Å². The van der Waals surface area contributed by atoms with E-state index in [-0.39, 0.29) is 0 Å². The van der Waals surface area contributed by atoms with E-state index in [2.05, 4.69) is 0 Å². The van der Waals surface area contributed by atoms with Gasteiger partial charge in [0.2, 0.25) is 11.8 Å². The molecule has 0 saturated carbocycles. The molecule has 2 atom stereocenters. The lowest BCUT2D eigenvalue weighted by molar-refractivity contribution is -0.127. The molecule has 2 amide bonds. The predicted molar refractivity (Wildman–Crippen MR) is 102 cm³/mol. The lowest BCUT2D eigenvalue weighted by Crippen LogP contribution is -2.39. The first-order chi connectivity index (χ1) is 12.6. The van der Waals surface area contributed by atoms with Gasteiger partial charge in [0.15, 0.2) is 0 Å². The van der Waals surface area contributed by atoms with Crippen molar-refractivity contribution < 1.29 is 9.59 Å². The minimum absolute atomic E-state index is 0.526. The molecule has 4 heteroatoms. The zero-order chi connectivity index (χ0) is 18.3. The van der Waals surface area contributed by atoms with E-state index >= 15 is 0 Å². The van der Waals surface area contributed by atoms with Crippen LogP contribution in [0.25, 0.3) is 11.1 Å². The van der Waals surface area contributed by atoms with Crippen LogP contribution in [-0.2, 0) is 22.4 Å². The normalized spacial score (nSPS) is 16.9. The zero-order valence-corrected chi connectivity index (χ0v) is 14.3. The van der Waals surface area contributed by atoms with Gasteiger partial charge in [0.1, 0.15) is 0 Å². The molecule has 2 aliphatic rings. The molecule has 0 aliphatic heterocycles. The molecule has 130 valence electrons. The van der Waals surface area contributed by atoms with Gasteiger partial charge in [-0.25, -0.2) is 0 Å². The zero-order valence-electron chi connectivity index (χ0n) is 14.3. The highest BCUT2D eigenvalue weighted by molar-refractivity contribution is 6.03. The summed E-state index contributed by atoms with van der Waals surface area (Å²) in [5.41, 5.74) is 17.4. The van der Waals surface area contributed by atoms with Gasteiger partial charge in [-0.1, -0.05) is 60.7 Å². The number of carbonyl (C=O) groups is 2. The summed E-state index contributed by atoms with van der Waals surface area (Å²) >= 11 is 0. The number of amides is 2. The SMILES string of the molecule is NC(=O)C(C1=CCc2ccccc21)C(C(N)=O)C1=CCc2ccccc21. The van der Waals surface area contributed by atoms with Crippen LogP contribution in [0.3, 0.4) is 0 Å². The van der Waals surface area contributed by atoms with E-state index in [9.17, 15) is 9.59 Å². The molecule has 0 saturated heterocycles. The minimum atomic E-state index is -0.770. The molecule has 0 heterocycles. The number of fused-ring (bicyclic) bond motifs is 2. The second-order valence-electron chi connectivity index (χ2n) is 6.80. The van der Waals surface area contributed by atoms with Crippen molar-refractivity contribution in [3.63, 3.8) is 0 Å². The predicted octanol–water partition coefficient (Wildman–Crippen LogP) is 2.47. The van der Waals surface area contributed by atoms with Gasteiger partial charge in [0.25, 0.3) is 0 Å². The second-order valence-corrected chi connectivity index (χ2v) is 6.80. The first-order valence-electron chi connectivity index (χ1n) is 8.73. The number of hydrogen-bond acceptors (Lipinski definition) is 2. The third-order valence-corrected chi connectivity index (χ3v) is 5.36. The largest absolute Gasteiger partial charge is 0.369 e. The standard InChI is InChI=1S/C22H20N2O2/c23-21(25)19(17-11-9-13-5-1-3-7-15(13)17)20(22(24)26)18-12-10-14-6-2-4-8-16(14)18/h1-8,11-12,19-20H,9-10H2,(H2,23,25)(H2,24,26). The number of rotatable bonds is 5. The van der Waals surface area contributed by atoms with E-state index in [1.54, 1.807) is 0 Å². The molecular weight excluding hydrogens is 324 g/mol. The van der Waals surface area contributed by atoms with Crippen molar-refractivity contribution >= 4 is 23.0 Å². The smallest absolute Gasteiger partial charge is 0.226 e. The van der Waals surface area contributed by atoms with Crippen LogP contribution >= 0.6 is 0 Å². The molecule has 2 aromatic rings. The number of nitrogens with two attached hydrogens (primary N) is 2. The van der Waals surface area contributed by atoms with E-state index in [1.165, 1.54) is 0 Å². The van der Waals surface area contributed by atoms with E-state index in [0.717, 1.165) is 46.2 Å². The average Bonchev–Trinajstić information content (AvgIpc) is 3.23. The highest BCUT2D eigenvalue weighted by atomic mass is 16.2. The molecule has 0 bridgehead atoms. The molecule has 4 rings (SSSR count). The van der Waals surface area contributed by atoms with Crippen molar-refractivity contribution in [2.45, 2.75) is 12.8 Å². The van der Waals surface area contributed by atoms with Crippen molar-refractivity contribution in [3.8, 4) is 0 Å². The van der Waals surface area contributed by atoms with Crippen molar-refractivity contribution in [1.82, 2.24) is 0 Å². The molecule has 26 heavy (non-hydrogen) atoms. The highest BCUT2D eigenvalue weighted by Gasteiger charge is 2.40. The maximum Gasteiger partial charge on any atom is 0.226 e. The number of carbonyl (C=O) groups excluding carboxylic acids is 2. The summed E-state index contributed by atoms with van der Waals surface area (Å²) in [6, 6.07) is 15.8. The van der Waals surface area contributed by atoms with E-state index in [0.29, 0.717) is 0 Å². The van der Waals surface area contributed by atoms with Crippen LogP contribution in [0.4, 0.5) is 0 Å². The van der Waals surface area contributed by atoms with Crippen LogP contribution in [0.15, 0.2) is 60.7 Å². The quantitative estimate of drug-likeness (QED) is 0.873. The summed E-state index contributed by atoms with van der Waals surface area (Å²) in [6.45, 7) is 0. The Hall–Kier alpha value is -3.14. The Balaban J connectivity index is 1.81. The molecule has 4 nitrogen and oxygen atoms in total. The van der Waals surface area contributed by atoms with Gasteiger partial charge < -0.3 is 11.5 Å². The lowest BCUT2D eigenvalue weighted by Gasteiger charge is -2.26. The Morgan fingerprint density at radius 2 is 1.08 bits per heavy atom. The maximum absolute atomic E-state index is 12.5. The molecule has 2 aromatic carbocycles. The topological polar surface area (TPSA) is 86.2 Å². The first-order valence-corrected chi connectivity index (χ1v) is 8.73. The first kappa shape index (κ1) is 16.3. The highest BCUT2D eigenvalue weighted by Crippen LogP contribution is 2.43. The third kappa shape index (κ3) is 2.54. The Bertz CT molecular complexity index is 892. The Morgan fingerprint density at radius 3 is 1.46 bits per heavy atom. The Labute approximate surface area is 152 Å². The minimum Gasteiger partial charge on any atom is -0.369 e. The molecule has 0 fully saturated rings. The maximum atomic E-state index is 12.5. The van der Waals surface area contributed by atoms with E-state index in [4.69, 9.17) is 11.5 Å². The molecule has 0 spiro atoms. The molecule has 4 N–H and O–H groups in total. The molecule has 2 aliphatic carbocycles. The van der Waals surface area contributed by atoms with Crippen LogP contribution < -0.4 is 11.5 Å². The van der Waals surface area contributed by atoms with Crippen LogP contribution in [-0.4, -0.2) is 11.8 Å². The number of hydrogen-bond donors (Lipinski definition) is 2. The Kier molecular flexibility index (Phi) is 3.96. The summed E-state index contributed by atoms with van der Waals surface area (Å²) in [5, 5.41) is 0. The van der Waals surface area contributed by atoms with Crippen molar-refractivity contribution in [1.29, 1.82) is 0 Å². The van der Waals surface area contributed by atoms with Gasteiger partial charge in [-0.15, -0.1) is 0 Å². The van der Waals surface area contributed by atoms with Crippen molar-refractivity contribution in [2.75, 3.05) is 0 Å². The summed E-state index contributed by atoms with van der Waals surface area (Å²) in [5.74, 6) is -2.59. The Morgan fingerprint density at radius 1 is 0.692 bits per heavy atom. The van der Waals surface area contributed by atoms with Gasteiger partial charge in [-0.3, -0.25) is 9.59 Å². The molecule has 2 unspecified atom stereocenters. The molecule has 0 radical (unpaired) electrons. The van der Waals surface area contributed by atoms with Gasteiger partial charge in [-0.05, 0) is 46.2 Å². The fourth-order valence-electron chi connectivity index (χ4n) is 4.20. The van der Waals surface area contributed by atoms with E-state index < -0.39 is 23.7 Å². The van der Waals surface area contributed by atoms with Crippen molar-refractivity contribution in [2.24, 2.45) is 23.3 Å².